The maximum atomic E-state index is 12.3. The van der Waals surface area contributed by atoms with Crippen LogP contribution in [0.25, 0.3) is 0 Å². The second-order valence-corrected chi connectivity index (χ2v) is 2.20. The van der Waals surface area contributed by atoms with Crippen LogP contribution in [0.15, 0.2) is 35.7 Å². The van der Waals surface area contributed by atoms with Gasteiger partial charge in [-0.05, 0) is 13.0 Å². The quantitative estimate of drug-likeness (QED) is 0.554. The Morgan fingerprint density at radius 2 is 1.73 bits per heavy atom. The molecule has 0 heterocycles. The van der Waals surface area contributed by atoms with E-state index in [-0.39, 0.29) is 5.03 Å². The molecule has 0 atom stereocenters. The molecule has 0 bridgehead atoms. The highest BCUT2D eigenvalue weighted by molar-refractivity contribution is 6.31. The van der Waals surface area contributed by atoms with Crippen LogP contribution in [0.1, 0.15) is 20.8 Å². The fourth-order valence-corrected chi connectivity index (χ4v) is 0.349. The van der Waals surface area contributed by atoms with Crippen LogP contribution in [-0.2, 0) is 0 Å². The van der Waals surface area contributed by atoms with Crippen molar-refractivity contribution in [3.63, 3.8) is 0 Å². The summed E-state index contributed by atoms with van der Waals surface area (Å²) in [5.41, 5.74) is 0.620. The second kappa shape index (κ2) is 7.55. The first kappa shape index (κ1) is 13.1. The third-order valence-corrected chi connectivity index (χ3v) is 0.813. The van der Waals surface area contributed by atoms with Gasteiger partial charge in [0.1, 0.15) is 5.83 Å². The normalized spacial score (nSPS) is 9.73. The molecule has 0 saturated carbocycles. The average Bonchev–Trinajstić information content (AvgIpc) is 1.90. The van der Waals surface area contributed by atoms with Gasteiger partial charge < -0.3 is 0 Å². The summed E-state index contributed by atoms with van der Waals surface area (Å²) in [6.45, 7) is 12.3. The zero-order valence-electron chi connectivity index (χ0n) is 7.25. The molecule has 0 unspecified atom stereocenters. The highest BCUT2D eigenvalue weighted by atomic mass is 35.5. The van der Waals surface area contributed by atoms with Gasteiger partial charge in [-0.1, -0.05) is 44.2 Å². The predicted octanol–water partition coefficient (Wildman–Crippen LogP) is 4.19. The zero-order chi connectivity index (χ0) is 9.44. The van der Waals surface area contributed by atoms with E-state index in [0.29, 0.717) is 5.57 Å². The molecule has 0 aliphatic heterocycles. The van der Waals surface area contributed by atoms with E-state index in [4.69, 9.17) is 11.6 Å². The van der Waals surface area contributed by atoms with Crippen molar-refractivity contribution in [1.29, 1.82) is 0 Å². The van der Waals surface area contributed by atoms with Gasteiger partial charge in [-0.25, -0.2) is 4.39 Å². The van der Waals surface area contributed by atoms with Crippen molar-refractivity contribution in [2.75, 3.05) is 0 Å². The molecule has 0 aliphatic carbocycles. The van der Waals surface area contributed by atoms with Crippen molar-refractivity contribution < 1.29 is 4.39 Å². The van der Waals surface area contributed by atoms with Gasteiger partial charge in [-0.3, -0.25) is 0 Å². The van der Waals surface area contributed by atoms with Gasteiger partial charge in [-0.15, -0.1) is 0 Å². The fourth-order valence-electron chi connectivity index (χ4n) is 0.295. The van der Waals surface area contributed by atoms with Gasteiger partial charge in [-0.2, -0.15) is 0 Å². The highest BCUT2D eigenvalue weighted by Gasteiger charge is 1.94. The van der Waals surface area contributed by atoms with Crippen LogP contribution >= 0.6 is 11.6 Å². The van der Waals surface area contributed by atoms with Crippen LogP contribution in [0.3, 0.4) is 0 Å². The molecule has 0 fully saturated rings. The van der Waals surface area contributed by atoms with E-state index in [1.165, 1.54) is 6.08 Å². The molecule has 0 aromatic heterocycles. The van der Waals surface area contributed by atoms with Crippen LogP contribution in [0.4, 0.5) is 4.39 Å². The molecular weight excluding hydrogens is 163 g/mol. The van der Waals surface area contributed by atoms with Gasteiger partial charge in [0.25, 0.3) is 0 Å². The summed E-state index contributed by atoms with van der Waals surface area (Å²) in [5.74, 6) is -0.524. The molecule has 0 aromatic rings. The smallest absolute Gasteiger partial charge is 0.141 e. The first-order chi connectivity index (χ1) is 5.04. The maximum Gasteiger partial charge on any atom is 0.141 e. The third-order valence-electron chi connectivity index (χ3n) is 0.632. The van der Waals surface area contributed by atoms with E-state index >= 15 is 0 Å². The third kappa shape index (κ3) is 9.44. The van der Waals surface area contributed by atoms with Gasteiger partial charge in [0.2, 0.25) is 0 Å². The molecule has 0 N–H and O–H groups in total. The first-order valence-corrected chi connectivity index (χ1v) is 3.79. The van der Waals surface area contributed by atoms with Crippen LogP contribution in [-0.4, -0.2) is 0 Å². The second-order valence-electron chi connectivity index (χ2n) is 1.74. The van der Waals surface area contributed by atoms with Crippen molar-refractivity contribution in [3.05, 3.63) is 35.7 Å². The van der Waals surface area contributed by atoms with E-state index in [9.17, 15) is 4.39 Å². The van der Waals surface area contributed by atoms with E-state index in [1.807, 2.05) is 13.8 Å². The Balaban J connectivity index is 0. The molecule has 0 saturated heterocycles. The lowest BCUT2D eigenvalue weighted by Gasteiger charge is -1.89. The minimum Gasteiger partial charge on any atom is -0.205 e. The van der Waals surface area contributed by atoms with Gasteiger partial charge in [0.15, 0.2) is 0 Å². The number of hydrogen-bond acceptors (Lipinski definition) is 0. The molecule has 11 heavy (non-hydrogen) atoms. The number of rotatable bonds is 2. The predicted molar refractivity (Wildman–Crippen MR) is 50.3 cm³/mol. The molecule has 0 aliphatic rings. The van der Waals surface area contributed by atoms with Crippen LogP contribution in [0.2, 0.25) is 0 Å². The summed E-state index contributed by atoms with van der Waals surface area (Å²) in [6, 6.07) is 0. The summed E-state index contributed by atoms with van der Waals surface area (Å²) >= 11 is 5.19. The summed E-state index contributed by atoms with van der Waals surface area (Å²) < 4.78 is 12.3. The molecule has 0 nitrogen and oxygen atoms in total. The average molecular weight is 177 g/mol. The Hall–Kier alpha value is -0.560. The summed E-state index contributed by atoms with van der Waals surface area (Å²) in [4.78, 5) is 0. The SMILES string of the molecule is C=C(C)/C=C(/F)C(=C)Cl.CC. The summed E-state index contributed by atoms with van der Waals surface area (Å²) in [5, 5.41) is -0.0852. The molecule has 0 amide bonds. The van der Waals surface area contributed by atoms with Crippen molar-refractivity contribution in [3.8, 4) is 0 Å². The van der Waals surface area contributed by atoms with E-state index < -0.39 is 5.83 Å². The number of halogens is 2. The number of hydrogen-bond donors (Lipinski definition) is 0. The van der Waals surface area contributed by atoms with Gasteiger partial charge in [0.05, 0.1) is 5.03 Å². The van der Waals surface area contributed by atoms with Crippen LogP contribution in [0.5, 0.6) is 0 Å². The van der Waals surface area contributed by atoms with Crippen molar-refractivity contribution in [2.24, 2.45) is 0 Å². The lowest BCUT2D eigenvalue weighted by molar-refractivity contribution is 0.662. The van der Waals surface area contributed by atoms with E-state index in [2.05, 4.69) is 13.2 Å². The Morgan fingerprint density at radius 1 is 1.36 bits per heavy atom. The molecule has 64 valence electrons. The minimum atomic E-state index is -0.524. The Bertz CT molecular complexity index is 168. The standard InChI is InChI=1S/C7H8ClF.C2H6/c1-5(2)4-7(9)6(3)8;1-2/h4H,1,3H2,2H3;1-2H3/b7-4+;. The maximum absolute atomic E-state index is 12.3. The topological polar surface area (TPSA) is 0 Å². The monoisotopic (exact) mass is 176 g/mol. The molecule has 2 heteroatoms. The lowest BCUT2D eigenvalue weighted by Crippen LogP contribution is -1.71. The first-order valence-electron chi connectivity index (χ1n) is 3.41. The lowest BCUT2D eigenvalue weighted by atomic mass is 10.3. The van der Waals surface area contributed by atoms with Crippen molar-refractivity contribution in [2.45, 2.75) is 20.8 Å². The Kier molecular flexibility index (Phi) is 8.96. The van der Waals surface area contributed by atoms with E-state index in [0.717, 1.165) is 0 Å². The molecular formula is C9H14ClF. The van der Waals surface area contributed by atoms with Crippen LogP contribution in [0, 0.1) is 0 Å². The molecule has 0 spiro atoms. The summed E-state index contributed by atoms with van der Waals surface area (Å²) in [7, 11) is 0. The fraction of sp³-hybridized carbons (Fsp3) is 0.333. The van der Waals surface area contributed by atoms with Crippen LogP contribution < -0.4 is 0 Å². The van der Waals surface area contributed by atoms with Crippen molar-refractivity contribution in [1.82, 2.24) is 0 Å². The minimum absolute atomic E-state index is 0.0852. The zero-order valence-corrected chi connectivity index (χ0v) is 8.00. The van der Waals surface area contributed by atoms with Crippen molar-refractivity contribution >= 4 is 11.6 Å². The largest absolute Gasteiger partial charge is 0.205 e. The van der Waals surface area contributed by atoms with Gasteiger partial charge in [0, 0.05) is 0 Å². The number of allylic oxidation sites excluding steroid dienone is 4. The molecule has 0 radical (unpaired) electrons. The molecule has 0 aromatic carbocycles. The highest BCUT2D eigenvalue weighted by Crippen LogP contribution is 2.14. The van der Waals surface area contributed by atoms with Gasteiger partial charge >= 0.3 is 0 Å². The Labute approximate surface area is 73.1 Å². The summed E-state index contributed by atoms with van der Waals surface area (Å²) in [6.07, 6.45) is 1.23. The Morgan fingerprint density at radius 3 is 1.82 bits per heavy atom. The van der Waals surface area contributed by atoms with E-state index in [1.54, 1.807) is 6.92 Å². The molecule has 0 rings (SSSR count).